The molecule has 2 aromatic rings. The molecule has 0 bridgehead atoms. The van der Waals surface area contributed by atoms with Crippen molar-refractivity contribution < 1.29 is 0 Å². The van der Waals surface area contributed by atoms with E-state index in [1.165, 1.54) is 5.56 Å². The van der Waals surface area contributed by atoms with Crippen molar-refractivity contribution in [3.63, 3.8) is 0 Å². The van der Waals surface area contributed by atoms with Crippen LogP contribution in [0.25, 0.3) is 11.0 Å². The Morgan fingerprint density at radius 2 is 1.74 bits per heavy atom. The van der Waals surface area contributed by atoms with Gasteiger partial charge in [0.2, 0.25) is 0 Å². The van der Waals surface area contributed by atoms with Crippen LogP contribution < -0.4 is 11.0 Å². The molecule has 0 saturated heterocycles. The number of rotatable bonds is 4. The van der Waals surface area contributed by atoms with Crippen molar-refractivity contribution >= 4 is 27.0 Å². The SMILES string of the molecule is CNC(c1cc2[nH]c(=O)[nH]c2cc1Br)C(C)C(C)C. The fourth-order valence-electron chi connectivity index (χ4n) is 2.40. The molecule has 0 aliphatic rings. The molecule has 0 aliphatic heterocycles. The third-order valence-electron chi connectivity index (χ3n) is 3.86. The molecule has 2 atom stereocenters. The van der Waals surface area contributed by atoms with Gasteiger partial charge in [-0.25, -0.2) is 4.79 Å². The van der Waals surface area contributed by atoms with Gasteiger partial charge < -0.3 is 15.3 Å². The van der Waals surface area contributed by atoms with Gasteiger partial charge in [-0.2, -0.15) is 0 Å². The minimum atomic E-state index is -0.169. The van der Waals surface area contributed by atoms with E-state index in [1.54, 1.807) is 0 Å². The second-order valence-corrected chi connectivity index (χ2v) is 6.22. The first kappa shape index (κ1) is 14.3. The van der Waals surface area contributed by atoms with Gasteiger partial charge in [-0.05, 0) is 36.6 Å². The number of aromatic amines is 2. The number of imidazole rings is 1. The molecule has 1 aromatic heterocycles. The predicted molar refractivity (Wildman–Crippen MR) is 82.4 cm³/mol. The predicted octanol–water partition coefficient (Wildman–Crippen LogP) is 3.17. The molecule has 1 aromatic carbocycles. The lowest BCUT2D eigenvalue weighted by molar-refractivity contribution is 0.316. The van der Waals surface area contributed by atoms with Crippen molar-refractivity contribution in [1.29, 1.82) is 0 Å². The van der Waals surface area contributed by atoms with E-state index in [0.29, 0.717) is 11.8 Å². The van der Waals surface area contributed by atoms with Gasteiger partial charge in [0.1, 0.15) is 0 Å². The summed E-state index contributed by atoms with van der Waals surface area (Å²) in [7, 11) is 1.97. The van der Waals surface area contributed by atoms with E-state index >= 15 is 0 Å². The van der Waals surface area contributed by atoms with Crippen molar-refractivity contribution in [1.82, 2.24) is 15.3 Å². The van der Waals surface area contributed by atoms with Crippen LogP contribution in [0.2, 0.25) is 0 Å². The molecule has 0 amide bonds. The van der Waals surface area contributed by atoms with E-state index in [9.17, 15) is 4.79 Å². The van der Waals surface area contributed by atoms with E-state index < -0.39 is 0 Å². The summed E-state index contributed by atoms with van der Waals surface area (Å²) in [4.78, 5) is 16.9. The van der Waals surface area contributed by atoms with Crippen molar-refractivity contribution in [3.8, 4) is 0 Å². The summed E-state index contributed by atoms with van der Waals surface area (Å²) in [5.74, 6) is 1.06. The average Bonchev–Trinajstić information content (AvgIpc) is 2.69. The van der Waals surface area contributed by atoms with Gasteiger partial charge >= 0.3 is 5.69 Å². The number of H-pyrrole nitrogens is 2. The number of benzene rings is 1. The molecule has 0 fully saturated rings. The van der Waals surface area contributed by atoms with Crippen LogP contribution >= 0.6 is 15.9 Å². The van der Waals surface area contributed by atoms with Crippen LogP contribution in [-0.2, 0) is 0 Å². The highest BCUT2D eigenvalue weighted by atomic mass is 79.9. The molecule has 0 spiro atoms. The maximum atomic E-state index is 11.4. The van der Waals surface area contributed by atoms with Crippen LogP contribution in [-0.4, -0.2) is 17.0 Å². The lowest BCUT2D eigenvalue weighted by Gasteiger charge is -2.28. The highest BCUT2D eigenvalue weighted by Gasteiger charge is 2.23. The summed E-state index contributed by atoms with van der Waals surface area (Å²) in [5.41, 5.74) is 2.68. The number of halogens is 1. The molecule has 0 saturated carbocycles. The minimum absolute atomic E-state index is 0.169. The van der Waals surface area contributed by atoms with Gasteiger partial charge in [0.25, 0.3) is 0 Å². The fraction of sp³-hybridized carbons (Fsp3) is 0.500. The first-order valence-electron chi connectivity index (χ1n) is 6.52. The zero-order valence-electron chi connectivity index (χ0n) is 11.7. The standard InChI is InChI=1S/C14H20BrN3O/c1-7(2)8(3)13(16-4)9-5-11-12(6-10(9)15)18-14(19)17-11/h5-8,13,16H,1-4H3,(H2,17,18,19). The Hall–Kier alpha value is -1.07. The molecule has 2 unspecified atom stereocenters. The summed E-state index contributed by atoms with van der Waals surface area (Å²) in [6, 6.07) is 4.24. The third kappa shape index (κ3) is 2.77. The van der Waals surface area contributed by atoms with Crippen molar-refractivity contribution in [2.24, 2.45) is 11.8 Å². The maximum absolute atomic E-state index is 11.4. The summed E-state index contributed by atoms with van der Waals surface area (Å²) in [6.07, 6.45) is 0. The largest absolute Gasteiger partial charge is 0.323 e. The first-order chi connectivity index (χ1) is 8.93. The van der Waals surface area contributed by atoms with E-state index in [4.69, 9.17) is 0 Å². The van der Waals surface area contributed by atoms with Crippen molar-refractivity contribution in [2.75, 3.05) is 7.05 Å². The molecule has 19 heavy (non-hydrogen) atoms. The molecular formula is C14H20BrN3O. The lowest BCUT2D eigenvalue weighted by Crippen LogP contribution is -2.27. The van der Waals surface area contributed by atoms with Crippen LogP contribution in [0.1, 0.15) is 32.4 Å². The van der Waals surface area contributed by atoms with Gasteiger partial charge in [0.05, 0.1) is 11.0 Å². The number of nitrogens with one attached hydrogen (secondary N) is 3. The summed E-state index contributed by atoms with van der Waals surface area (Å²) >= 11 is 3.61. The lowest BCUT2D eigenvalue weighted by atomic mass is 9.86. The second-order valence-electron chi connectivity index (χ2n) is 5.37. The van der Waals surface area contributed by atoms with Crippen LogP contribution in [0.3, 0.4) is 0 Å². The topological polar surface area (TPSA) is 60.7 Å². The molecule has 5 heteroatoms. The van der Waals surface area contributed by atoms with Crippen LogP contribution in [0.5, 0.6) is 0 Å². The van der Waals surface area contributed by atoms with Crippen LogP contribution in [0.4, 0.5) is 0 Å². The Morgan fingerprint density at radius 1 is 1.16 bits per heavy atom. The quantitative estimate of drug-likeness (QED) is 0.808. The van der Waals surface area contributed by atoms with Crippen LogP contribution in [0.15, 0.2) is 21.4 Å². The van der Waals surface area contributed by atoms with Gasteiger partial charge in [-0.15, -0.1) is 0 Å². The van der Waals surface area contributed by atoms with Gasteiger partial charge in [0.15, 0.2) is 0 Å². The first-order valence-corrected chi connectivity index (χ1v) is 7.32. The highest BCUT2D eigenvalue weighted by Crippen LogP contribution is 2.33. The Balaban J connectivity index is 2.53. The Morgan fingerprint density at radius 3 is 2.26 bits per heavy atom. The van der Waals surface area contributed by atoms with Gasteiger partial charge in [-0.3, -0.25) is 0 Å². The average molecular weight is 326 g/mol. The van der Waals surface area contributed by atoms with Crippen LogP contribution in [0, 0.1) is 11.8 Å². The van der Waals surface area contributed by atoms with E-state index in [0.717, 1.165) is 15.5 Å². The minimum Gasteiger partial charge on any atom is -0.313 e. The number of fused-ring (bicyclic) bond motifs is 1. The molecule has 2 rings (SSSR count). The Kier molecular flexibility index (Phi) is 4.16. The molecule has 0 aliphatic carbocycles. The highest BCUT2D eigenvalue weighted by molar-refractivity contribution is 9.10. The fourth-order valence-corrected chi connectivity index (χ4v) is 2.99. The Bertz CT molecular complexity index is 629. The molecule has 0 radical (unpaired) electrons. The van der Waals surface area contributed by atoms with Gasteiger partial charge in [-0.1, -0.05) is 36.7 Å². The van der Waals surface area contributed by atoms with Crippen molar-refractivity contribution in [3.05, 3.63) is 32.7 Å². The third-order valence-corrected chi connectivity index (χ3v) is 4.54. The van der Waals surface area contributed by atoms with E-state index in [2.05, 4.69) is 52.0 Å². The summed E-state index contributed by atoms with van der Waals surface area (Å²) in [6.45, 7) is 6.68. The molecule has 3 N–H and O–H groups in total. The molecular weight excluding hydrogens is 306 g/mol. The normalized spacial score (nSPS) is 15.1. The van der Waals surface area contributed by atoms with Gasteiger partial charge in [0, 0.05) is 10.5 Å². The van der Waals surface area contributed by atoms with Crippen molar-refractivity contribution in [2.45, 2.75) is 26.8 Å². The summed E-state index contributed by atoms with van der Waals surface area (Å²) in [5, 5.41) is 3.38. The van der Waals surface area contributed by atoms with E-state index in [1.807, 2.05) is 19.2 Å². The maximum Gasteiger partial charge on any atom is 0.323 e. The van der Waals surface area contributed by atoms with E-state index in [-0.39, 0.29) is 11.7 Å². The zero-order valence-corrected chi connectivity index (χ0v) is 13.3. The Labute approximate surface area is 121 Å². The number of aromatic nitrogens is 2. The molecule has 104 valence electrons. The zero-order chi connectivity index (χ0) is 14.2. The smallest absolute Gasteiger partial charge is 0.313 e. The molecule has 4 nitrogen and oxygen atoms in total. The second kappa shape index (κ2) is 5.51. The molecule has 1 heterocycles. The number of hydrogen-bond acceptors (Lipinski definition) is 2. The monoisotopic (exact) mass is 325 g/mol. The summed E-state index contributed by atoms with van der Waals surface area (Å²) < 4.78 is 1.02. The number of hydrogen-bond donors (Lipinski definition) is 3.